The number of nitrogens with zero attached hydrogens (tertiary/aromatic N) is 3. The number of thiophene rings is 1. The molecule has 216 valence electrons. The molecular formula is C29H30N3NaO6S3. The second-order valence-corrected chi connectivity index (χ2v) is 12.7. The number of benzene rings is 2. The summed E-state index contributed by atoms with van der Waals surface area (Å²) < 4.78 is 38.5. The first-order chi connectivity index (χ1) is 19.6. The van der Waals surface area contributed by atoms with Crippen LogP contribution in [-0.4, -0.2) is 67.0 Å². The molecular weight excluding hydrogens is 606 g/mol. The van der Waals surface area contributed by atoms with Crippen molar-refractivity contribution in [3.05, 3.63) is 99.9 Å². The molecule has 42 heavy (non-hydrogen) atoms. The summed E-state index contributed by atoms with van der Waals surface area (Å²) in [6, 6.07) is 18.8. The van der Waals surface area contributed by atoms with Crippen molar-refractivity contribution in [2.45, 2.75) is 30.7 Å². The summed E-state index contributed by atoms with van der Waals surface area (Å²) in [7, 11) is 0.106. The van der Waals surface area contributed by atoms with Gasteiger partial charge in [0.1, 0.15) is 11.0 Å². The van der Waals surface area contributed by atoms with Crippen molar-refractivity contribution in [2.75, 3.05) is 21.2 Å². The first kappa shape index (κ1) is 33.9. The van der Waals surface area contributed by atoms with Gasteiger partial charge in [0, 0.05) is 25.9 Å². The topological polar surface area (TPSA) is 120 Å². The maximum Gasteiger partial charge on any atom is 1.00 e. The molecule has 2 aromatic carbocycles. The average molecular weight is 636 g/mol. The van der Waals surface area contributed by atoms with E-state index in [-0.39, 0.29) is 41.9 Å². The summed E-state index contributed by atoms with van der Waals surface area (Å²) in [4.78, 5) is 35.4. The van der Waals surface area contributed by atoms with E-state index in [1.807, 2.05) is 53.2 Å². The molecule has 0 saturated heterocycles. The van der Waals surface area contributed by atoms with Crippen molar-refractivity contribution < 1.29 is 56.9 Å². The van der Waals surface area contributed by atoms with E-state index in [4.69, 9.17) is 9.72 Å². The molecule has 0 aliphatic carbocycles. The number of methoxy groups -OCH3 is 1. The third-order valence-electron chi connectivity index (χ3n) is 6.69. The second-order valence-electron chi connectivity index (χ2n) is 9.53. The van der Waals surface area contributed by atoms with Crippen LogP contribution in [0.5, 0.6) is 0 Å². The number of likely N-dealkylation sites (N-methyl/N-ethyl adjacent to an activating group) is 2. The largest absolute Gasteiger partial charge is 1.00 e. The monoisotopic (exact) mass is 635 g/mol. The van der Waals surface area contributed by atoms with Crippen LogP contribution in [0.1, 0.15) is 28.4 Å². The molecule has 0 fully saturated rings. The van der Waals surface area contributed by atoms with Gasteiger partial charge < -0.3 is 14.2 Å². The number of aromatic nitrogens is 1. The molecule has 0 aliphatic rings. The van der Waals surface area contributed by atoms with Gasteiger partial charge >= 0.3 is 35.7 Å². The summed E-state index contributed by atoms with van der Waals surface area (Å²) in [6.07, 6.45) is 0.0418. The van der Waals surface area contributed by atoms with Crippen LogP contribution in [0, 0.1) is 0 Å². The Morgan fingerprint density at radius 2 is 1.55 bits per heavy atom. The summed E-state index contributed by atoms with van der Waals surface area (Å²) in [5.41, 5.74) is 2.80. The van der Waals surface area contributed by atoms with Gasteiger partial charge in [0.15, 0.2) is 0 Å². The van der Waals surface area contributed by atoms with Crippen molar-refractivity contribution >= 4 is 44.8 Å². The molecule has 2 heterocycles. The van der Waals surface area contributed by atoms with E-state index >= 15 is 0 Å². The van der Waals surface area contributed by atoms with Crippen molar-refractivity contribution in [3.8, 4) is 9.88 Å². The van der Waals surface area contributed by atoms with Crippen LogP contribution in [0.3, 0.4) is 0 Å². The molecule has 0 spiro atoms. The Morgan fingerprint density at radius 1 is 0.905 bits per heavy atom. The van der Waals surface area contributed by atoms with Crippen LogP contribution in [0.15, 0.2) is 77.5 Å². The quantitative estimate of drug-likeness (QED) is 0.183. The number of thiazole rings is 1. The molecule has 0 aliphatic heterocycles. The van der Waals surface area contributed by atoms with Gasteiger partial charge in [0.25, 0.3) is 0 Å². The number of carbonyl (C=O) groups is 2. The molecule has 0 N–H and O–H groups in total. The summed E-state index contributed by atoms with van der Waals surface area (Å²) >= 11 is 3.06. The summed E-state index contributed by atoms with van der Waals surface area (Å²) in [5, 5.41) is 4.74. The average Bonchev–Trinajstić information content (AvgIpc) is 3.66. The third kappa shape index (κ3) is 8.96. The molecule has 0 radical (unpaired) electrons. The minimum Gasteiger partial charge on any atom is -0.748 e. The minimum atomic E-state index is -4.41. The maximum atomic E-state index is 14.1. The van der Waals surface area contributed by atoms with Gasteiger partial charge in [-0.1, -0.05) is 60.7 Å². The molecule has 2 amide bonds. The van der Waals surface area contributed by atoms with Crippen LogP contribution in [-0.2, 0) is 38.2 Å². The first-order valence-corrected chi connectivity index (χ1v) is 16.0. The molecule has 4 aromatic rings. The zero-order valence-electron chi connectivity index (χ0n) is 23.8. The predicted molar refractivity (Wildman–Crippen MR) is 159 cm³/mol. The molecule has 13 heteroatoms. The van der Waals surface area contributed by atoms with Gasteiger partial charge in [0.05, 0.1) is 39.6 Å². The van der Waals surface area contributed by atoms with Gasteiger partial charge in [0.2, 0.25) is 5.91 Å². The number of hydrogen-bond donors (Lipinski definition) is 0. The summed E-state index contributed by atoms with van der Waals surface area (Å²) in [5.74, 6) is -0.877. The number of hydrogen-bond acceptors (Lipinski definition) is 9. The van der Waals surface area contributed by atoms with Crippen molar-refractivity contribution in [1.29, 1.82) is 0 Å². The van der Waals surface area contributed by atoms with Gasteiger partial charge in [-0.25, -0.2) is 18.2 Å². The molecule has 2 aromatic heterocycles. The Balaban J connectivity index is 0.00000484. The van der Waals surface area contributed by atoms with Crippen LogP contribution in [0.25, 0.3) is 9.88 Å². The molecule has 0 saturated carbocycles. The fraction of sp³-hybridized carbons (Fsp3) is 0.276. The molecule has 9 nitrogen and oxygen atoms in total. The fourth-order valence-corrected chi connectivity index (χ4v) is 6.76. The van der Waals surface area contributed by atoms with E-state index in [0.717, 1.165) is 21.0 Å². The van der Waals surface area contributed by atoms with Crippen LogP contribution in [0.2, 0.25) is 0 Å². The number of carbonyl (C=O) groups excluding carboxylic acids is 2. The van der Waals surface area contributed by atoms with E-state index in [1.54, 1.807) is 54.6 Å². The van der Waals surface area contributed by atoms with Crippen LogP contribution in [0.4, 0.5) is 4.79 Å². The standard InChI is InChI=1S/C29H31N3O6S3.Na/c1-31(28(33)25(32(2)29(34)38-3)17-20-8-5-4-6-9-20)24(23-18-40-27(30-23)26-10-7-15-39-26)16-21-11-13-22(14-12-21)19-41(35,36)37;/h4-15,18,24-25H,16-17,19H2,1-3H3,(H,35,36,37);/q;+1/p-1/t24-,25-;/m0./s1. The Labute approximate surface area is 276 Å². The predicted octanol–water partition coefficient (Wildman–Crippen LogP) is 1.97. The number of amides is 2. The first-order valence-electron chi connectivity index (χ1n) is 12.7. The molecule has 4 rings (SSSR count). The number of ether oxygens (including phenoxy) is 1. The van der Waals surface area contributed by atoms with Crippen LogP contribution < -0.4 is 29.6 Å². The number of rotatable bonds is 11. The normalized spacial score (nSPS) is 12.6. The van der Waals surface area contributed by atoms with Crippen LogP contribution >= 0.6 is 22.7 Å². The fourth-order valence-electron chi connectivity index (χ4n) is 4.48. The summed E-state index contributed by atoms with van der Waals surface area (Å²) in [6.45, 7) is 0. The second kappa shape index (κ2) is 15.2. The van der Waals surface area contributed by atoms with E-state index in [9.17, 15) is 22.6 Å². The Bertz CT molecular complexity index is 1560. The van der Waals surface area contributed by atoms with Gasteiger partial charge in [-0.3, -0.25) is 9.69 Å². The van der Waals surface area contributed by atoms with Crippen molar-refractivity contribution in [3.63, 3.8) is 0 Å². The van der Waals surface area contributed by atoms with Crippen molar-refractivity contribution in [2.24, 2.45) is 0 Å². The van der Waals surface area contributed by atoms with Gasteiger partial charge in [-0.2, -0.15) is 0 Å². The third-order valence-corrected chi connectivity index (χ3v) is 9.28. The Hall–Kier alpha value is -2.58. The SMILES string of the molecule is COC(=O)N(C)[C@@H](Cc1ccccc1)C(=O)N(C)[C@@H](Cc1ccc(CS(=O)(=O)[O-])cc1)c1csc(-c2cccs2)n1.[Na+]. The molecule has 0 bridgehead atoms. The Kier molecular flexibility index (Phi) is 12.3. The van der Waals surface area contributed by atoms with Crippen molar-refractivity contribution in [1.82, 2.24) is 14.8 Å². The van der Waals surface area contributed by atoms with E-state index < -0.39 is 34.0 Å². The zero-order valence-corrected chi connectivity index (χ0v) is 28.2. The molecule has 2 atom stereocenters. The smallest absolute Gasteiger partial charge is 0.748 e. The van der Waals surface area contributed by atoms with Gasteiger partial charge in [-0.05, 0) is 34.6 Å². The van der Waals surface area contributed by atoms with E-state index in [1.165, 1.54) is 23.3 Å². The van der Waals surface area contributed by atoms with E-state index in [0.29, 0.717) is 17.7 Å². The maximum absolute atomic E-state index is 14.1. The minimum absolute atomic E-state index is 0. The zero-order chi connectivity index (χ0) is 29.6. The Morgan fingerprint density at radius 3 is 2.14 bits per heavy atom. The van der Waals surface area contributed by atoms with E-state index in [2.05, 4.69) is 0 Å². The molecule has 0 unspecified atom stereocenters. The van der Waals surface area contributed by atoms with Gasteiger partial charge in [-0.15, -0.1) is 22.7 Å².